The van der Waals surface area contributed by atoms with Crippen LogP contribution in [0.3, 0.4) is 0 Å². The fourth-order valence-electron chi connectivity index (χ4n) is 2.93. The zero-order valence-electron chi connectivity index (χ0n) is 17.4. The van der Waals surface area contributed by atoms with Crippen molar-refractivity contribution < 1.29 is 18.7 Å². The van der Waals surface area contributed by atoms with Gasteiger partial charge in [-0.15, -0.1) is 11.8 Å². The maximum atomic E-state index is 12.8. The molecule has 32 heavy (non-hydrogen) atoms. The fourth-order valence-corrected chi connectivity index (χ4v) is 3.72. The second-order valence-corrected chi connectivity index (χ2v) is 7.74. The Morgan fingerprint density at radius 3 is 2.75 bits per heavy atom. The van der Waals surface area contributed by atoms with Gasteiger partial charge in [-0.25, -0.2) is 14.8 Å². The van der Waals surface area contributed by atoms with Crippen LogP contribution in [0.4, 0.5) is 5.69 Å². The van der Waals surface area contributed by atoms with Crippen molar-refractivity contribution in [3.05, 3.63) is 58.9 Å². The van der Waals surface area contributed by atoms with Crippen molar-refractivity contribution in [3.8, 4) is 17.7 Å². The van der Waals surface area contributed by atoms with E-state index < -0.39 is 18.5 Å². The number of benzene rings is 1. The molecule has 0 N–H and O–H groups in total. The highest BCUT2D eigenvalue weighted by Crippen LogP contribution is 2.26. The molecule has 0 spiro atoms. The molecule has 0 saturated heterocycles. The van der Waals surface area contributed by atoms with Crippen LogP contribution in [-0.2, 0) is 9.53 Å². The minimum Gasteiger partial charge on any atom is -0.461 e. The molecule has 0 saturated carbocycles. The van der Waals surface area contributed by atoms with Crippen LogP contribution in [0, 0.1) is 18.3 Å². The summed E-state index contributed by atoms with van der Waals surface area (Å²) >= 11 is 7.28. The number of amides is 1. The van der Waals surface area contributed by atoms with Crippen LogP contribution in [0.5, 0.6) is 0 Å². The third kappa shape index (κ3) is 5.46. The average molecular weight is 471 g/mol. The molecule has 2 heterocycles. The summed E-state index contributed by atoms with van der Waals surface area (Å²) in [4.78, 5) is 35.7. The molecular weight excluding hydrogens is 452 g/mol. The number of halogens is 1. The van der Waals surface area contributed by atoms with E-state index in [1.807, 2.05) is 6.07 Å². The third-order valence-corrected chi connectivity index (χ3v) is 5.31. The molecule has 0 bridgehead atoms. The van der Waals surface area contributed by atoms with E-state index in [9.17, 15) is 9.59 Å². The van der Waals surface area contributed by atoms with Gasteiger partial charge in [0.1, 0.15) is 10.6 Å². The summed E-state index contributed by atoms with van der Waals surface area (Å²) in [6.07, 6.45) is 3.40. The molecule has 0 radical (unpaired) electrons. The predicted molar refractivity (Wildman–Crippen MR) is 121 cm³/mol. The lowest BCUT2D eigenvalue weighted by atomic mass is 10.2. The second-order valence-electron chi connectivity index (χ2n) is 6.50. The summed E-state index contributed by atoms with van der Waals surface area (Å²) in [5, 5.41) is 9.78. The van der Waals surface area contributed by atoms with Crippen LogP contribution in [0.25, 0.3) is 11.6 Å². The molecule has 0 aliphatic carbocycles. The Balaban J connectivity index is 1.77. The Bertz CT molecular complexity index is 1160. The number of hydrogen-bond donors (Lipinski definition) is 0. The van der Waals surface area contributed by atoms with E-state index in [2.05, 4.69) is 9.97 Å². The molecule has 0 aliphatic heterocycles. The number of furan rings is 1. The van der Waals surface area contributed by atoms with Gasteiger partial charge < -0.3 is 14.1 Å². The van der Waals surface area contributed by atoms with E-state index in [4.69, 9.17) is 26.0 Å². The van der Waals surface area contributed by atoms with Gasteiger partial charge in [-0.05, 0) is 43.5 Å². The maximum Gasteiger partial charge on any atom is 0.343 e. The Hall–Kier alpha value is -3.35. The quantitative estimate of drug-likeness (QED) is 0.268. The number of nitriles is 1. The van der Waals surface area contributed by atoms with E-state index in [1.165, 1.54) is 22.9 Å². The number of ether oxygens (including phenoxy) is 1. The molecule has 1 aromatic carbocycles. The van der Waals surface area contributed by atoms with Crippen molar-refractivity contribution >= 4 is 40.9 Å². The standard InChI is InChI=1S/C22H19ClN4O4S/c1-14-19(21(32-2)26-20(25-14)17-8-4-11-30-17)22(29)31-13-18(28)27(10-5-9-24)16-7-3-6-15(23)12-16/h3-4,6-8,11-12H,5,10,13H2,1-2H3. The van der Waals surface area contributed by atoms with Crippen LogP contribution < -0.4 is 4.90 Å². The lowest BCUT2D eigenvalue weighted by Crippen LogP contribution is -2.35. The van der Waals surface area contributed by atoms with E-state index in [0.717, 1.165) is 0 Å². The number of aryl methyl sites for hydroxylation is 1. The first kappa shape index (κ1) is 23.3. The van der Waals surface area contributed by atoms with Crippen LogP contribution in [0.15, 0.2) is 52.1 Å². The lowest BCUT2D eigenvalue weighted by molar-refractivity contribution is -0.121. The molecule has 164 valence electrons. The molecule has 8 nitrogen and oxygen atoms in total. The van der Waals surface area contributed by atoms with Gasteiger partial charge in [0.2, 0.25) is 0 Å². The number of carbonyl (C=O) groups is 2. The van der Waals surface area contributed by atoms with Gasteiger partial charge in [-0.1, -0.05) is 17.7 Å². The Kier molecular flexibility index (Phi) is 7.87. The monoisotopic (exact) mass is 470 g/mol. The predicted octanol–water partition coefficient (Wildman–Crippen LogP) is 4.52. The number of nitrogens with zero attached hydrogens (tertiary/aromatic N) is 4. The van der Waals surface area contributed by atoms with E-state index >= 15 is 0 Å². The van der Waals surface area contributed by atoms with E-state index in [1.54, 1.807) is 49.6 Å². The number of aromatic nitrogens is 2. The number of rotatable bonds is 8. The van der Waals surface area contributed by atoms with Crippen LogP contribution in [-0.4, -0.2) is 41.3 Å². The van der Waals surface area contributed by atoms with Crippen molar-refractivity contribution in [2.45, 2.75) is 18.4 Å². The fraction of sp³-hybridized carbons (Fsp3) is 0.227. The first-order chi connectivity index (χ1) is 15.4. The Morgan fingerprint density at radius 2 is 2.09 bits per heavy atom. The van der Waals surface area contributed by atoms with Crippen molar-refractivity contribution in [2.75, 3.05) is 24.3 Å². The smallest absolute Gasteiger partial charge is 0.343 e. The summed E-state index contributed by atoms with van der Waals surface area (Å²) in [6.45, 7) is 1.30. The Morgan fingerprint density at radius 1 is 1.28 bits per heavy atom. The minimum absolute atomic E-state index is 0.115. The summed E-state index contributed by atoms with van der Waals surface area (Å²) < 4.78 is 10.6. The normalized spacial score (nSPS) is 10.4. The topological polar surface area (TPSA) is 109 Å². The van der Waals surface area contributed by atoms with Crippen LogP contribution >= 0.6 is 23.4 Å². The SMILES string of the molecule is CSc1nc(-c2ccco2)nc(C)c1C(=O)OCC(=O)N(CCC#N)c1cccc(Cl)c1. The summed E-state index contributed by atoms with van der Waals surface area (Å²) in [5.41, 5.74) is 1.11. The Labute approximate surface area is 194 Å². The maximum absolute atomic E-state index is 12.8. The largest absolute Gasteiger partial charge is 0.461 e. The lowest BCUT2D eigenvalue weighted by Gasteiger charge is -2.22. The summed E-state index contributed by atoms with van der Waals surface area (Å²) in [5.74, 6) is -0.355. The number of hydrogen-bond acceptors (Lipinski definition) is 8. The summed E-state index contributed by atoms with van der Waals surface area (Å²) in [7, 11) is 0. The highest BCUT2D eigenvalue weighted by atomic mass is 35.5. The first-order valence-electron chi connectivity index (χ1n) is 9.51. The molecular formula is C22H19ClN4O4S. The van der Waals surface area contributed by atoms with E-state index in [-0.39, 0.29) is 18.5 Å². The number of anilines is 1. The number of esters is 1. The molecule has 1 amide bonds. The molecule has 0 aliphatic rings. The molecule has 2 aromatic heterocycles. The molecule has 0 atom stereocenters. The first-order valence-corrected chi connectivity index (χ1v) is 11.1. The number of carbonyl (C=O) groups excluding carboxylic acids is 2. The van der Waals surface area contributed by atoms with Crippen molar-refractivity contribution in [2.24, 2.45) is 0 Å². The zero-order valence-corrected chi connectivity index (χ0v) is 18.9. The highest BCUT2D eigenvalue weighted by Gasteiger charge is 2.23. The van der Waals surface area contributed by atoms with Gasteiger partial charge in [0.25, 0.3) is 5.91 Å². The molecule has 3 rings (SSSR count). The van der Waals surface area contributed by atoms with Gasteiger partial charge in [0, 0.05) is 17.3 Å². The van der Waals surface area contributed by atoms with Gasteiger partial charge in [-0.2, -0.15) is 5.26 Å². The average Bonchev–Trinajstić information content (AvgIpc) is 3.32. The molecule has 0 unspecified atom stereocenters. The van der Waals surface area contributed by atoms with Crippen LogP contribution in [0.2, 0.25) is 5.02 Å². The van der Waals surface area contributed by atoms with Crippen molar-refractivity contribution in [3.63, 3.8) is 0 Å². The minimum atomic E-state index is -0.711. The highest BCUT2D eigenvalue weighted by molar-refractivity contribution is 7.98. The van der Waals surface area contributed by atoms with Gasteiger partial charge in [0.05, 0.1) is 24.4 Å². The van der Waals surface area contributed by atoms with E-state index in [0.29, 0.717) is 33.0 Å². The third-order valence-electron chi connectivity index (χ3n) is 4.39. The van der Waals surface area contributed by atoms with Gasteiger partial charge in [0.15, 0.2) is 18.2 Å². The molecule has 3 aromatic rings. The second kappa shape index (κ2) is 10.8. The van der Waals surface area contributed by atoms with Crippen molar-refractivity contribution in [1.82, 2.24) is 9.97 Å². The number of thioether (sulfide) groups is 1. The van der Waals surface area contributed by atoms with Gasteiger partial charge in [-0.3, -0.25) is 4.79 Å². The van der Waals surface area contributed by atoms with Crippen molar-refractivity contribution in [1.29, 1.82) is 5.26 Å². The zero-order chi connectivity index (χ0) is 23.1. The molecule has 0 fully saturated rings. The van der Waals surface area contributed by atoms with Gasteiger partial charge >= 0.3 is 5.97 Å². The van der Waals surface area contributed by atoms with Crippen LogP contribution in [0.1, 0.15) is 22.5 Å². The summed E-state index contributed by atoms with van der Waals surface area (Å²) in [6, 6.07) is 12.1. The molecule has 10 heteroatoms.